The molecule has 3 heterocycles. The molecule has 1 saturated heterocycles. The summed E-state index contributed by atoms with van der Waals surface area (Å²) >= 11 is 0. The van der Waals surface area contributed by atoms with Gasteiger partial charge in [-0.15, -0.1) is 0 Å². The topological polar surface area (TPSA) is 76.3 Å². The highest BCUT2D eigenvalue weighted by Gasteiger charge is 2.20. The van der Waals surface area contributed by atoms with E-state index in [-0.39, 0.29) is 5.75 Å². The minimum absolute atomic E-state index is 0.195. The summed E-state index contributed by atoms with van der Waals surface area (Å²) in [6.45, 7) is 4.85. The number of phenols is 1. The normalized spacial score (nSPS) is 14.4. The second-order valence-corrected chi connectivity index (χ2v) is 7.15. The van der Waals surface area contributed by atoms with Crippen molar-refractivity contribution in [1.29, 1.82) is 0 Å². The summed E-state index contributed by atoms with van der Waals surface area (Å²) in [5, 5.41) is 9.98. The molecule has 0 unspecified atom stereocenters. The van der Waals surface area contributed by atoms with Gasteiger partial charge in [-0.3, -0.25) is 4.57 Å². The summed E-state index contributed by atoms with van der Waals surface area (Å²) in [6.07, 6.45) is 1.78. The zero-order valence-electron chi connectivity index (χ0n) is 16.1. The second kappa shape index (κ2) is 7.18. The third-order valence-corrected chi connectivity index (χ3v) is 5.08. The highest BCUT2D eigenvalue weighted by atomic mass is 16.5. The number of aromatic nitrogens is 4. The fourth-order valence-electron chi connectivity index (χ4n) is 3.61. The van der Waals surface area contributed by atoms with Crippen molar-refractivity contribution in [2.45, 2.75) is 6.92 Å². The number of hydrogen-bond acceptors (Lipinski definition) is 6. The van der Waals surface area contributed by atoms with E-state index in [2.05, 4.69) is 28.9 Å². The lowest BCUT2D eigenvalue weighted by molar-refractivity contribution is 0.122. The number of nitrogens with zero attached hydrogens (tertiary/aromatic N) is 5. The quantitative estimate of drug-likeness (QED) is 0.581. The van der Waals surface area contributed by atoms with Crippen LogP contribution in [0.25, 0.3) is 28.1 Å². The molecule has 0 aliphatic carbocycles. The largest absolute Gasteiger partial charge is 0.508 e. The van der Waals surface area contributed by atoms with Gasteiger partial charge in [-0.1, -0.05) is 24.3 Å². The van der Waals surface area contributed by atoms with Gasteiger partial charge in [0.15, 0.2) is 5.65 Å². The van der Waals surface area contributed by atoms with Crippen LogP contribution in [0.5, 0.6) is 5.75 Å². The van der Waals surface area contributed by atoms with E-state index in [1.165, 1.54) is 5.56 Å². The number of hydrogen-bond donors (Lipinski definition) is 1. The van der Waals surface area contributed by atoms with Crippen molar-refractivity contribution < 1.29 is 9.84 Å². The van der Waals surface area contributed by atoms with Crippen LogP contribution in [0.3, 0.4) is 0 Å². The summed E-state index contributed by atoms with van der Waals surface area (Å²) in [5.41, 5.74) is 5.13. The molecule has 5 rings (SSSR count). The Kier molecular flexibility index (Phi) is 4.37. The molecule has 0 spiro atoms. The lowest BCUT2D eigenvalue weighted by Gasteiger charge is -2.27. The van der Waals surface area contributed by atoms with Crippen LogP contribution in [-0.2, 0) is 4.74 Å². The number of morpholine rings is 1. The van der Waals surface area contributed by atoms with Gasteiger partial charge in [-0.25, -0.2) is 9.97 Å². The highest BCUT2D eigenvalue weighted by molar-refractivity contribution is 5.89. The van der Waals surface area contributed by atoms with Crippen LogP contribution in [-0.4, -0.2) is 50.9 Å². The first-order valence-corrected chi connectivity index (χ1v) is 9.63. The minimum Gasteiger partial charge on any atom is -0.508 e. The predicted octanol–water partition coefficient (Wildman–Crippen LogP) is 3.33. The molecule has 2 aromatic heterocycles. The smallest absolute Gasteiger partial charge is 0.228 e. The third kappa shape index (κ3) is 3.30. The molecule has 7 nitrogen and oxygen atoms in total. The van der Waals surface area contributed by atoms with Crippen molar-refractivity contribution in [1.82, 2.24) is 19.5 Å². The lowest BCUT2D eigenvalue weighted by Crippen LogP contribution is -2.37. The fourth-order valence-corrected chi connectivity index (χ4v) is 3.61. The van der Waals surface area contributed by atoms with E-state index in [0.29, 0.717) is 30.4 Å². The van der Waals surface area contributed by atoms with E-state index < -0.39 is 0 Å². The van der Waals surface area contributed by atoms with E-state index in [1.54, 1.807) is 18.5 Å². The maximum absolute atomic E-state index is 9.98. The highest BCUT2D eigenvalue weighted by Crippen LogP contribution is 2.30. The van der Waals surface area contributed by atoms with E-state index in [0.717, 1.165) is 30.0 Å². The first-order chi connectivity index (χ1) is 14.2. The molecule has 7 heteroatoms. The van der Waals surface area contributed by atoms with Crippen LogP contribution in [0.4, 0.5) is 5.95 Å². The number of benzene rings is 2. The maximum atomic E-state index is 9.98. The molecule has 0 radical (unpaired) electrons. The Morgan fingerprint density at radius 1 is 1.00 bits per heavy atom. The number of phenolic OH excluding ortho intramolecular Hbond substituents is 1. The van der Waals surface area contributed by atoms with Crippen LogP contribution in [0, 0.1) is 6.92 Å². The van der Waals surface area contributed by atoms with Crippen LogP contribution < -0.4 is 4.90 Å². The molecule has 0 amide bonds. The summed E-state index contributed by atoms with van der Waals surface area (Å²) in [4.78, 5) is 16.5. The first kappa shape index (κ1) is 17.6. The van der Waals surface area contributed by atoms with Gasteiger partial charge in [0.1, 0.15) is 23.3 Å². The van der Waals surface area contributed by atoms with Crippen molar-refractivity contribution >= 4 is 17.1 Å². The van der Waals surface area contributed by atoms with Gasteiger partial charge in [-0.2, -0.15) is 4.98 Å². The fraction of sp³-hybridized carbons (Fsp3) is 0.227. The number of fused-ring (bicyclic) bond motifs is 1. The van der Waals surface area contributed by atoms with Gasteiger partial charge in [0.05, 0.1) is 13.2 Å². The average Bonchev–Trinajstić information content (AvgIpc) is 3.18. The Morgan fingerprint density at radius 2 is 1.83 bits per heavy atom. The molecule has 4 aromatic rings. The van der Waals surface area contributed by atoms with Crippen molar-refractivity contribution in [3.05, 3.63) is 60.4 Å². The Bertz CT molecular complexity index is 1180. The van der Waals surface area contributed by atoms with E-state index in [4.69, 9.17) is 14.7 Å². The van der Waals surface area contributed by atoms with Crippen LogP contribution in [0.2, 0.25) is 0 Å². The number of rotatable bonds is 3. The molecule has 29 heavy (non-hydrogen) atoms. The zero-order chi connectivity index (χ0) is 19.8. The van der Waals surface area contributed by atoms with Crippen LogP contribution in [0.15, 0.2) is 54.9 Å². The van der Waals surface area contributed by atoms with Gasteiger partial charge < -0.3 is 14.7 Å². The standard InChI is InChI=1S/C22H21N5O2/c1-15-4-2-6-17(12-15)27-14-23-20-19(16-5-3-7-18(28)13-16)24-22(25-21(20)27)26-8-10-29-11-9-26/h2-7,12-14,28H,8-11H2,1H3. The zero-order valence-corrected chi connectivity index (χ0v) is 16.1. The average molecular weight is 387 g/mol. The molecule has 0 atom stereocenters. The second-order valence-electron chi connectivity index (χ2n) is 7.15. The SMILES string of the molecule is Cc1cccc(-n2cnc3c(-c4cccc(O)c4)nc(N4CCOCC4)nc32)c1. The molecule has 1 fully saturated rings. The predicted molar refractivity (Wildman–Crippen MR) is 112 cm³/mol. The molecule has 0 bridgehead atoms. The Hall–Kier alpha value is -3.45. The molecule has 1 aliphatic heterocycles. The molecule has 0 saturated carbocycles. The van der Waals surface area contributed by atoms with Crippen LogP contribution >= 0.6 is 0 Å². The van der Waals surface area contributed by atoms with Crippen LogP contribution in [0.1, 0.15) is 5.56 Å². The molecule has 1 N–H and O–H groups in total. The summed E-state index contributed by atoms with van der Waals surface area (Å²) in [5.74, 6) is 0.842. The van der Waals surface area contributed by atoms with Crippen molar-refractivity contribution in [3.8, 4) is 22.7 Å². The number of ether oxygens (including phenoxy) is 1. The maximum Gasteiger partial charge on any atom is 0.228 e. The van der Waals surface area contributed by atoms with Crippen molar-refractivity contribution in [2.24, 2.45) is 0 Å². The van der Waals surface area contributed by atoms with Gasteiger partial charge in [0.25, 0.3) is 0 Å². The van der Waals surface area contributed by atoms with E-state index in [9.17, 15) is 5.11 Å². The van der Waals surface area contributed by atoms with Gasteiger partial charge >= 0.3 is 0 Å². The van der Waals surface area contributed by atoms with Crippen molar-refractivity contribution in [3.63, 3.8) is 0 Å². The number of aryl methyl sites for hydroxylation is 1. The van der Waals surface area contributed by atoms with Gasteiger partial charge in [0, 0.05) is 24.3 Å². The number of aromatic hydroxyl groups is 1. The third-order valence-electron chi connectivity index (χ3n) is 5.08. The van der Waals surface area contributed by atoms with Gasteiger partial charge in [-0.05, 0) is 36.8 Å². The number of anilines is 1. The molecular weight excluding hydrogens is 366 g/mol. The molecule has 2 aromatic carbocycles. The Labute approximate surface area is 168 Å². The minimum atomic E-state index is 0.195. The Balaban J connectivity index is 1.74. The Morgan fingerprint density at radius 3 is 2.62 bits per heavy atom. The molecule has 1 aliphatic rings. The summed E-state index contributed by atoms with van der Waals surface area (Å²) in [6, 6.07) is 15.3. The van der Waals surface area contributed by atoms with Crippen molar-refractivity contribution in [2.75, 3.05) is 31.2 Å². The molecule has 146 valence electrons. The summed E-state index contributed by atoms with van der Waals surface area (Å²) in [7, 11) is 0. The van der Waals surface area contributed by atoms with E-state index >= 15 is 0 Å². The van der Waals surface area contributed by atoms with E-state index in [1.807, 2.05) is 28.8 Å². The monoisotopic (exact) mass is 387 g/mol. The lowest BCUT2D eigenvalue weighted by atomic mass is 10.1. The molecular formula is C22H21N5O2. The number of imidazole rings is 1. The first-order valence-electron chi connectivity index (χ1n) is 9.63. The summed E-state index contributed by atoms with van der Waals surface area (Å²) < 4.78 is 7.47. The van der Waals surface area contributed by atoms with Gasteiger partial charge in [0.2, 0.25) is 5.95 Å².